The summed E-state index contributed by atoms with van der Waals surface area (Å²) in [5, 5.41) is 19.1. The molecule has 0 radical (unpaired) electrons. The number of sulfone groups is 2. The average Bonchev–Trinajstić information content (AvgIpc) is 3.48. The Bertz CT molecular complexity index is 1620. The molecule has 39 heavy (non-hydrogen) atoms. The summed E-state index contributed by atoms with van der Waals surface area (Å²) in [5.41, 5.74) is 1.86. The number of hydrogen-bond donors (Lipinski definition) is 2. The predicted molar refractivity (Wildman–Crippen MR) is 140 cm³/mol. The highest BCUT2D eigenvalue weighted by Gasteiger charge is 2.75. The van der Waals surface area contributed by atoms with Gasteiger partial charge in [-0.1, -0.05) is 41.4 Å². The molecule has 2 aliphatic carbocycles. The highest BCUT2D eigenvalue weighted by molar-refractivity contribution is 7.92. The number of rotatable bonds is 9. The molecule has 5 atom stereocenters. The molecule has 0 bridgehead atoms. The van der Waals surface area contributed by atoms with E-state index in [1.54, 1.807) is 6.07 Å². The SMILES string of the molecule is CS(=O)(=O)c1cc(Cl)ccc1CO[C@H]1C[C@@H](S(=O)(=O)c2ccccc2Cl)C[C@]1(C(=O)O)C1CC1(C#N)C(N)=O. The third kappa shape index (κ3) is 4.91. The summed E-state index contributed by atoms with van der Waals surface area (Å²) >= 11 is 12.1. The summed E-state index contributed by atoms with van der Waals surface area (Å²) in [6, 6.07) is 11.6. The lowest BCUT2D eigenvalue weighted by molar-refractivity contribution is -0.161. The van der Waals surface area contributed by atoms with Gasteiger partial charge in [-0.15, -0.1) is 0 Å². The Kier molecular flexibility index (Phi) is 7.55. The normalized spacial score (nSPS) is 28.5. The van der Waals surface area contributed by atoms with Gasteiger partial charge in [0.2, 0.25) is 5.91 Å². The van der Waals surface area contributed by atoms with Crippen LogP contribution in [0.2, 0.25) is 10.0 Å². The summed E-state index contributed by atoms with van der Waals surface area (Å²) < 4.78 is 57.9. The molecule has 208 valence electrons. The maximum Gasteiger partial charge on any atom is 0.312 e. The maximum atomic E-state index is 13.6. The van der Waals surface area contributed by atoms with Gasteiger partial charge in [0.05, 0.1) is 38.8 Å². The number of primary amides is 1. The molecule has 4 rings (SSSR count). The third-order valence-corrected chi connectivity index (χ3v) is 11.7. The van der Waals surface area contributed by atoms with Crippen LogP contribution in [0.1, 0.15) is 24.8 Å². The van der Waals surface area contributed by atoms with Crippen LogP contribution < -0.4 is 5.73 Å². The summed E-state index contributed by atoms with van der Waals surface area (Å²) in [7, 11) is -7.94. The molecule has 0 spiro atoms. The van der Waals surface area contributed by atoms with E-state index in [1.807, 2.05) is 6.07 Å². The lowest BCUT2D eigenvalue weighted by atomic mass is 9.75. The van der Waals surface area contributed by atoms with Crippen molar-refractivity contribution in [2.45, 2.75) is 47.0 Å². The van der Waals surface area contributed by atoms with Crippen LogP contribution in [0.25, 0.3) is 0 Å². The molecular weight excluding hydrogens is 591 g/mol. The number of nitrogens with two attached hydrogens (primary N) is 1. The molecule has 2 aromatic carbocycles. The number of halogens is 2. The fraction of sp³-hybridized carbons (Fsp3) is 0.400. The van der Waals surface area contributed by atoms with E-state index in [1.165, 1.54) is 36.4 Å². The van der Waals surface area contributed by atoms with Crippen LogP contribution in [0.3, 0.4) is 0 Å². The molecule has 0 heterocycles. The standard InChI is InChI=1S/C25H24Cl2N2O8S2/c1-38(33,34)19-8-15(26)7-6-14(19)12-37-21-9-16(39(35,36)18-5-3-2-4-17(18)27)10-25(21,23(31)32)20-11-24(20,13-28)22(29)30/h2-8,16,20-21H,9-12H2,1H3,(H2,29,30)(H,31,32)/t16-,20?,21+,24?,25+/m1/s1. The van der Waals surface area contributed by atoms with Crippen molar-refractivity contribution in [2.75, 3.05) is 6.26 Å². The van der Waals surface area contributed by atoms with Gasteiger partial charge in [0.15, 0.2) is 19.7 Å². The Morgan fingerprint density at radius 2 is 1.79 bits per heavy atom. The minimum Gasteiger partial charge on any atom is -0.481 e. The number of nitrogens with zero attached hydrogens (tertiary/aromatic N) is 1. The molecule has 14 heteroatoms. The summed E-state index contributed by atoms with van der Waals surface area (Å²) in [6.45, 7) is -0.402. The number of amides is 1. The number of carbonyl (C=O) groups excluding carboxylic acids is 1. The van der Waals surface area contributed by atoms with E-state index in [0.29, 0.717) is 0 Å². The molecular formula is C25H24Cl2N2O8S2. The highest BCUT2D eigenvalue weighted by Crippen LogP contribution is 2.67. The summed E-state index contributed by atoms with van der Waals surface area (Å²) in [6.07, 6.45) is -1.30. The highest BCUT2D eigenvalue weighted by atomic mass is 35.5. The first-order valence-electron chi connectivity index (χ1n) is 11.6. The Balaban J connectivity index is 1.79. The number of hydrogen-bond acceptors (Lipinski definition) is 8. The Morgan fingerprint density at radius 3 is 2.33 bits per heavy atom. The second kappa shape index (κ2) is 10.1. The van der Waals surface area contributed by atoms with E-state index in [4.69, 9.17) is 33.7 Å². The average molecular weight is 616 g/mol. The first-order chi connectivity index (χ1) is 18.1. The van der Waals surface area contributed by atoms with Crippen molar-refractivity contribution in [2.24, 2.45) is 22.5 Å². The van der Waals surface area contributed by atoms with E-state index in [9.17, 15) is 36.8 Å². The smallest absolute Gasteiger partial charge is 0.312 e. The number of aliphatic carboxylic acids is 1. The van der Waals surface area contributed by atoms with E-state index in [0.717, 1.165) is 6.26 Å². The lowest BCUT2D eigenvalue weighted by Gasteiger charge is -2.32. The maximum absolute atomic E-state index is 13.6. The zero-order valence-corrected chi connectivity index (χ0v) is 23.6. The second-order valence-corrected chi connectivity index (χ2v) is 14.9. The Hall–Kier alpha value is -2.69. The molecule has 2 unspecified atom stereocenters. The molecule has 2 aliphatic rings. The van der Waals surface area contributed by atoms with Gasteiger partial charge in [-0.25, -0.2) is 16.8 Å². The van der Waals surface area contributed by atoms with Crippen LogP contribution in [0, 0.1) is 28.1 Å². The number of carbonyl (C=O) groups is 2. The van der Waals surface area contributed by atoms with E-state index in [-0.39, 0.29) is 38.2 Å². The van der Waals surface area contributed by atoms with Gasteiger partial charge in [-0.2, -0.15) is 5.26 Å². The molecule has 1 amide bonds. The van der Waals surface area contributed by atoms with Gasteiger partial charge >= 0.3 is 5.97 Å². The topological polar surface area (TPSA) is 182 Å². The number of carboxylic acid groups (broad SMARTS) is 1. The van der Waals surface area contributed by atoms with Gasteiger partial charge in [-0.05, 0) is 49.1 Å². The van der Waals surface area contributed by atoms with Gasteiger partial charge in [0.1, 0.15) is 10.8 Å². The first kappa shape index (κ1) is 29.3. The molecule has 2 fully saturated rings. The van der Waals surface area contributed by atoms with Crippen LogP contribution >= 0.6 is 23.2 Å². The van der Waals surface area contributed by atoms with Crippen molar-refractivity contribution in [1.82, 2.24) is 0 Å². The summed E-state index contributed by atoms with van der Waals surface area (Å²) in [4.78, 5) is 24.8. The second-order valence-electron chi connectivity index (χ2n) is 9.91. The van der Waals surface area contributed by atoms with Crippen molar-refractivity contribution in [3.63, 3.8) is 0 Å². The minimum absolute atomic E-state index is 0.0447. The molecule has 0 aromatic heterocycles. The van der Waals surface area contributed by atoms with E-state index < -0.39 is 72.7 Å². The number of carboxylic acids is 1. The fourth-order valence-corrected chi connectivity index (χ4v) is 9.14. The predicted octanol–water partition coefficient (Wildman–Crippen LogP) is 3.00. The summed E-state index contributed by atoms with van der Waals surface area (Å²) in [5.74, 6) is -3.59. The number of benzene rings is 2. The lowest BCUT2D eigenvalue weighted by Crippen LogP contribution is -2.45. The first-order valence-corrected chi connectivity index (χ1v) is 15.8. The van der Waals surface area contributed by atoms with E-state index in [2.05, 4.69) is 0 Å². The van der Waals surface area contributed by atoms with E-state index >= 15 is 0 Å². The number of nitriles is 1. The van der Waals surface area contributed by atoms with Crippen LogP contribution in [-0.2, 0) is 40.6 Å². The van der Waals surface area contributed by atoms with Gasteiger partial charge in [0.25, 0.3) is 0 Å². The molecule has 0 aliphatic heterocycles. The van der Waals surface area contributed by atoms with Gasteiger partial charge in [0, 0.05) is 17.2 Å². The largest absolute Gasteiger partial charge is 0.481 e. The van der Waals surface area contributed by atoms with Crippen molar-refractivity contribution >= 4 is 54.8 Å². The third-order valence-electron chi connectivity index (χ3n) is 7.69. The van der Waals surface area contributed by atoms with Gasteiger partial charge < -0.3 is 15.6 Å². The van der Waals surface area contributed by atoms with Crippen molar-refractivity contribution in [3.05, 3.63) is 58.1 Å². The van der Waals surface area contributed by atoms with Crippen LogP contribution in [0.4, 0.5) is 0 Å². The van der Waals surface area contributed by atoms with Crippen LogP contribution in [0.15, 0.2) is 52.3 Å². The Morgan fingerprint density at radius 1 is 1.13 bits per heavy atom. The minimum atomic E-state index is -4.18. The number of ether oxygens (including phenoxy) is 1. The van der Waals surface area contributed by atoms with Gasteiger partial charge in [-0.3, -0.25) is 9.59 Å². The zero-order valence-electron chi connectivity index (χ0n) is 20.5. The molecule has 2 saturated carbocycles. The van der Waals surface area contributed by atoms with Crippen molar-refractivity contribution in [1.29, 1.82) is 5.26 Å². The van der Waals surface area contributed by atoms with Crippen LogP contribution in [0.5, 0.6) is 0 Å². The van der Waals surface area contributed by atoms with Crippen LogP contribution in [-0.4, -0.2) is 51.4 Å². The fourth-order valence-electron chi connectivity index (χ4n) is 5.61. The molecule has 10 nitrogen and oxygen atoms in total. The molecule has 3 N–H and O–H groups in total. The van der Waals surface area contributed by atoms with Crippen molar-refractivity contribution < 1.29 is 36.3 Å². The molecule has 0 saturated heterocycles. The Labute approximate surface area is 235 Å². The quantitative estimate of drug-likeness (QED) is 0.428. The van der Waals surface area contributed by atoms with Crippen molar-refractivity contribution in [3.8, 4) is 6.07 Å². The monoisotopic (exact) mass is 614 g/mol. The molecule has 2 aromatic rings. The zero-order chi connectivity index (χ0) is 29.0.